The van der Waals surface area contributed by atoms with Crippen molar-refractivity contribution in [1.82, 2.24) is 25.5 Å². The van der Waals surface area contributed by atoms with Gasteiger partial charge in [0.25, 0.3) is 5.91 Å². The molecule has 1 unspecified atom stereocenters. The Hall–Kier alpha value is -4.98. The van der Waals surface area contributed by atoms with Crippen LogP contribution in [0.15, 0.2) is 48.9 Å². The molecule has 2 aliphatic carbocycles. The number of allylic oxidation sites excluding steroid dienone is 1. The fraction of sp³-hybridized carbons (Fsp3) is 0.524. The number of aromatic nitrogens is 2. The van der Waals surface area contributed by atoms with E-state index >= 15 is 0 Å². The summed E-state index contributed by atoms with van der Waals surface area (Å²) < 4.78 is 18.2. The number of thiazole rings is 1. The van der Waals surface area contributed by atoms with Gasteiger partial charge in [-0.3, -0.25) is 9.59 Å². The number of fused-ring (bicyclic) bond motifs is 1. The summed E-state index contributed by atoms with van der Waals surface area (Å²) in [6, 6.07) is 4.45. The summed E-state index contributed by atoms with van der Waals surface area (Å²) in [5.74, 6) is -1.18. The number of nitrogens with one attached hydrogen (secondary N) is 2. The highest BCUT2D eigenvalue weighted by molar-refractivity contribution is 7.13. The number of carbonyl (C=O) groups is 4. The minimum absolute atomic E-state index is 0.0174. The number of likely N-dealkylation sites (tertiary alicyclic amines) is 1. The number of carbonyl (C=O) groups excluding carboxylic acids is 3. The lowest BCUT2D eigenvalue weighted by Gasteiger charge is -2.29. The second-order valence-electron chi connectivity index (χ2n) is 16.1. The third-order valence-electron chi connectivity index (χ3n) is 10.6. The van der Waals surface area contributed by atoms with Crippen molar-refractivity contribution in [2.75, 3.05) is 13.7 Å². The standard InChI is InChI=1S/C42H53N5O8S/c1-8-10-11-12-13-14-33(55-40(52)46-41(4,5)6)38(49)47-22-27(19-31(47)36(48)45-42(39(50)51)21-26(42)9-2)54-34-20-29(37-44-30(23-56-37)25-15-16-25)43-35-24(3)32(53-7)18-17-28(34)35/h8-9,17-18,20,23,25-27,31,33H,1-2,10-16,19,21-22H2,3-7H3,(H,45,48)(H,46,52)(H,50,51)/t26-,27-,31+,33?,42-/m1/s1. The van der Waals surface area contributed by atoms with Crippen molar-refractivity contribution in [2.24, 2.45) is 5.92 Å². The highest BCUT2D eigenvalue weighted by atomic mass is 32.1. The van der Waals surface area contributed by atoms with Crippen molar-refractivity contribution in [2.45, 2.75) is 121 Å². The van der Waals surface area contributed by atoms with Crippen molar-refractivity contribution in [3.05, 3.63) is 60.1 Å². The van der Waals surface area contributed by atoms with Gasteiger partial charge in [-0.2, -0.15) is 0 Å². The topological polar surface area (TPSA) is 169 Å². The molecule has 3 amide bonds. The summed E-state index contributed by atoms with van der Waals surface area (Å²) in [7, 11) is 1.60. The molecule has 0 radical (unpaired) electrons. The second-order valence-corrected chi connectivity index (χ2v) is 17.0. The quantitative estimate of drug-likeness (QED) is 0.0950. The van der Waals surface area contributed by atoms with Gasteiger partial charge in [0.2, 0.25) is 5.91 Å². The summed E-state index contributed by atoms with van der Waals surface area (Å²) in [5.41, 5.74) is 1.04. The largest absolute Gasteiger partial charge is 0.496 e. The average molecular weight is 788 g/mol. The molecule has 3 heterocycles. The van der Waals surface area contributed by atoms with Crippen molar-refractivity contribution < 1.29 is 38.5 Å². The molecule has 5 atom stereocenters. The highest BCUT2D eigenvalue weighted by Crippen LogP contribution is 2.45. The predicted molar refractivity (Wildman–Crippen MR) is 214 cm³/mol. The van der Waals surface area contributed by atoms with E-state index < -0.39 is 59.1 Å². The van der Waals surface area contributed by atoms with Gasteiger partial charge in [-0.05, 0) is 84.8 Å². The SMILES string of the molecule is C=CCCCCCC(OC(=O)NC(C)(C)C)C(=O)N1C[C@H](Oc2cc(-c3nc(C4CC4)cs3)nc3c(C)c(OC)ccc23)C[C@H]1C(=O)N[C@]1(C(=O)O)C[C@H]1C=C. The Bertz CT molecular complexity index is 2000. The Kier molecular flexibility index (Phi) is 12.1. The summed E-state index contributed by atoms with van der Waals surface area (Å²) in [5, 5.41) is 19.2. The maximum atomic E-state index is 14.5. The molecular formula is C42H53N5O8S. The fourth-order valence-corrected chi connectivity index (χ4v) is 8.19. The molecule has 3 N–H and O–H groups in total. The number of aliphatic carboxylic acids is 1. The molecule has 3 aliphatic rings. The van der Waals surface area contributed by atoms with Crippen LogP contribution in [0.25, 0.3) is 21.6 Å². The molecule has 6 rings (SSSR count). The van der Waals surface area contributed by atoms with Crippen LogP contribution in [0.5, 0.6) is 11.5 Å². The number of ether oxygens (including phenoxy) is 3. The van der Waals surface area contributed by atoms with E-state index in [4.69, 9.17) is 24.2 Å². The summed E-state index contributed by atoms with van der Waals surface area (Å²) >= 11 is 1.52. The fourth-order valence-electron chi connectivity index (χ4n) is 7.33. The van der Waals surface area contributed by atoms with E-state index in [1.807, 2.05) is 52.0 Å². The number of alkyl carbamates (subject to hydrolysis) is 1. The van der Waals surface area contributed by atoms with Crippen molar-refractivity contribution in [3.63, 3.8) is 0 Å². The summed E-state index contributed by atoms with van der Waals surface area (Å²) in [6.45, 7) is 14.8. The Labute approximate surface area is 331 Å². The zero-order chi connectivity index (χ0) is 40.4. The van der Waals surface area contributed by atoms with Crippen LogP contribution >= 0.6 is 11.3 Å². The molecule has 0 bridgehead atoms. The number of carboxylic acids is 1. The number of amides is 3. The van der Waals surface area contributed by atoms with Gasteiger partial charge in [0.1, 0.15) is 39.9 Å². The number of carboxylic acid groups (broad SMARTS) is 1. The van der Waals surface area contributed by atoms with Gasteiger partial charge < -0.3 is 34.9 Å². The molecule has 14 heteroatoms. The second kappa shape index (κ2) is 16.6. The average Bonchev–Trinajstić information content (AvgIpc) is 4.02. The molecule has 13 nitrogen and oxygen atoms in total. The molecule has 1 aliphatic heterocycles. The van der Waals surface area contributed by atoms with Gasteiger partial charge in [0.05, 0.1) is 24.9 Å². The lowest BCUT2D eigenvalue weighted by Crippen LogP contribution is -2.55. The van der Waals surface area contributed by atoms with Gasteiger partial charge in [0, 0.05) is 46.2 Å². The van der Waals surface area contributed by atoms with Crippen molar-refractivity contribution in [3.8, 4) is 22.2 Å². The molecule has 2 aromatic heterocycles. The molecule has 0 spiro atoms. The maximum Gasteiger partial charge on any atom is 0.408 e. The molecular weight excluding hydrogens is 735 g/mol. The number of pyridine rings is 1. The van der Waals surface area contributed by atoms with E-state index in [1.54, 1.807) is 7.11 Å². The highest BCUT2D eigenvalue weighted by Gasteiger charge is 2.61. The number of hydrogen-bond acceptors (Lipinski definition) is 10. The molecule has 1 aromatic carbocycles. The molecule has 300 valence electrons. The van der Waals surface area contributed by atoms with Gasteiger partial charge >= 0.3 is 12.1 Å². The Balaban J connectivity index is 1.33. The summed E-state index contributed by atoms with van der Waals surface area (Å²) in [4.78, 5) is 65.4. The van der Waals surface area contributed by atoms with Crippen LogP contribution in [0, 0.1) is 12.8 Å². The number of nitrogens with zero attached hydrogens (tertiary/aromatic N) is 3. The predicted octanol–water partition coefficient (Wildman–Crippen LogP) is 7.08. The lowest BCUT2D eigenvalue weighted by atomic mass is 10.1. The third kappa shape index (κ3) is 9.01. The number of unbranched alkanes of at least 4 members (excludes halogenated alkanes) is 3. The molecule has 3 aromatic rings. The van der Waals surface area contributed by atoms with E-state index in [0.717, 1.165) is 48.4 Å². The number of aryl methyl sites for hydroxylation is 1. The smallest absolute Gasteiger partial charge is 0.408 e. The van der Waals surface area contributed by atoms with Crippen LogP contribution in [-0.2, 0) is 19.1 Å². The first-order chi connectivity index (χ1) is 26.7. The van der Waals surface area contributed by atoms with Crippen molar-refractivity contribution in [1.29, 1.82) is 0 Å². The van der Waals surface area contributed by atoms with Gasteiger partial charge in [0.15, 0.2) is 6.10 Å². The lowest BCUT2D eigenvalue weighted by molar-refractivity contribution is -0.148. The van der Waals surface area contributed by atoms with E-state index in [9.17, 15) is 24.3 Å². The van der Waals surface area contributed by atoms with E-state index in [0.29, 0.717) is 40.4 Å². The Morgan fingerprint density at radius 1 is 1.12 bits per heavy atom. The zero-order valence-corrected chi connectivity index (χ0v) is 33.7. The van der Waals surface area contributed by atoms with E-state index in [1.165, 1.54) is 22.3 Å². The number of hydrogen-bond donors (Lipinski definition) is 3. The minimum atomic E-state index is -1.51. The molecule has 1 saturated heterocycles. The molecule has 2 saturated carbocycles. The molecule has 56 heavy (non-hydrogen) atoms. The number of rotatable bonds is 17. The van der Waals surface area contributed by atoms with Gasteiger partial charge in [-0.25, -0.2) is 19.6 Å². The zero-order valence-electron chi connectivity index (χ0n) is 32.9. The normalized spacial score (nSPS) is 22.2. The van der Waals surface area contributed by atoms with Crippen LogP contribution in [0.4, 0.5) is 4.79 Å². The monoisotopic (exact) mass is 787 g/mol. The Morgan fingerprint density at radius 3 is 2.54 bits per heavy atom. The maximum absolute atomic E-state index is 14.5. The number of benzene rings is 1. The van der Waals surface area contributed by atoms with Crippen LogP contribution in [0.3, 0.4) is 0 Å². The summed E-state index contributed by atoms with van der Waals surface area (Å²) in [6.07, 6.45) is 6.48. The van der Waals surface area contributed by atoms with Crippen LogP contribution in [-0.4, -0.2) is 86.8 Å². The Morgan fingerprint density at radius 2 is 1.89 bits per heavy atom. The first-order valence-corrected chi connectivity index (χ1v) is 20.2. The first kappa shape index (κ1) is 40.7. The van der Waals surface area contributed by atoms with Gasteiger partial charge in [-0.15, -0.1) is 24.5 Å². The van der Waals surface area contributed by atoms with E-state index in [2.05, 4.69) is 29.2 Å². The van der Waals surface area contributed by atoms with E-state index in [-0.39, 0.29) is 25.8 Å². The van der Waals surface area contributed by atoms with Gasteiger partial charge in [-0.1, -0.05) is 18.6 Å². The third-order valence-corrected chi connectivity index (χ3v) is 11.5. The molecule has 3 fully saturated rings. The van der Waals surface area contributed by atoms with Crippen LogP contribution in [0.2, 0.25) is 0 Å². The van der Waals surface area contributed by atoms with Crippen LogP contribution < -0.4 is 20.1 Å². The number of methoxy groups -OCH3 is 1. The first-order valence-electron chi connectivity index (χ1n) is 19.4. The minimum Gasteiger partial charge on any atom is -0.496 e. The van der Waals surface area contributed by atoms with Crippen molar-refractivity contribution >= 4 is 46.1 Å². The van der Waals surface area contributed by atoms with Crippen LogP contribution in [0.1, 0.15) is 95.7 Å².